The molecule has 2 N–H and O–H groups in total. The van der Waals surface area contributed by atoms with Gasteiger partial charge in [-0.15, -0.1) is 0 Å². The van der Waals surface area contributed by atoms with Gasteiger partial charge < -0.3 is 5.32 Å². The van der Waals surface area contributed by atoms with Crippen LogP contribution in [0.1, 0.15) is 26.7 Å². The average molecular weight is 263 g/mol. The van der Waals surface area contributed by atoms with Crippen molar-refractivity contribution in [3.63, 3.8) is 0 Å². The van der Waals surface area contributed by atoms with E-state index in [2.05, 4.69) is 21.9 Å². The molecule has 102 valence electrons. The summed E-state index contributed by atoms with van der Waals surface area (Å²) in [6, 6.07) is 0.0491. The van der Waals surface area contributed by atoms with Crippen LogP contribution >= 0.6 is 0 Å². The van der Waals surface area contributed by atoms with Crippen molar-refractivity contribution in [2.24, 2.45) is 0 Å². The molecular formula is C11H25N3O2S. The molecule has 1 aliphatic heterocycles. The van der Waals surface area contributed by atoms with Gasteiger partial charge in [0.15, 0.2) is 0 Å². The molecule has 1 atom stereocenters. The second kappa shape index (κ2) is 7.31. The minimum absolute atomic E-state index is 0.0491. The van der Waals surface area contributed by atoms with Gasteiger partial charge in [0.05, 0.1) is 5.75 Å². The van der Waals surface area contributed by atoms with Crippen LogP contribution < -0.4 is 10.0 Å². The molecule has 5 nitrogen and oxygen atoms in total. The van der Waals surface area contributed by atoms with Crippen LogP contribution in [0.5, 0.6) is 0 Å². The minimum atomic E-state index is -3.11. The van der Waals surface area contributed by atoms with E-state index in [1.54, 1.807) is 0 Å². The Morgan fingerprint density at radius 3 is 2.59 bits per heavy atom. The Hall–Kier alpha value is -0.170. The molecular weight excluding hydrogens is 238 g/mol. The maximum atomic E-state index is 11.8. The first-order chi connectivity index (χ1) is 8.03. The van der Waals surface area contributed by atoms with Gasteiger partial charge in [-0.3, -0.25) is 4.90 Å². The molecule has 1 saturated heterocycles. The fourth-order valence-electron chi connectivity index (χ4n) is 2.04. The highest BCUT2D eigenvalue weighted by Gasteiger charge is 2.17. The molecule has 1 unspecified atom stereocenters. The summed E-state index contributed by atoms with van der Waals surface area (Å²) in [5, 5.41) is 3.25. The van der Waals surface area contributed by atoms with Gasteiger partial charge in [0.25, 0.3) is 0 Å². The van der Waals surface area contributed by atoms with Crippen molar-refractivity contribution in [1.29, 1.82) is 0 Å². The molecule has 0 aromatic heterocycles. The van der Waals surface area contributed by atoms with Crippen LogP contribution in [0.3, 0.4) is 0 Å². The quantitative estimate of drug-likeness (QED) is 0.679. The number of hydrogen-bond donors (Lipinski definition) is 2. The molecule has 0 amide bonds. The van der Waals surface area contributed by atoms with Crippen molar-refractivity contribution >= 4 is 10.0 Å². The molecule has 1 rings (SSSR count). The zero-order chi connectivity index (χ0) is 12.7. The van der Waals surface area contributed by atoms with Gasteiger partial charge in [-0.1, -0.05) is 13.3 Å². The molecule has 17 heavy (non-hydrogen) atoms. The van der Waals surface area contributed by atoms with Crippen molar-refractivity contribution in [3.8, 4) is 0 Å². The SMILES string of the molecule is CCCC(C)NS(=O)(=O)CCN1CCNCC1. The van der Waals surface area contributed by atoms with E-state index in [0.717, 1.165) is 39.0 Å². The minimum Gasteiger partial charge on any atom is -0.314 e. The molecule has 0 bridgehead atoms. The lowest BCUT2D eigenvalue weighted by molar-refractivity contribution is 0.253. The fourth-order valence-corrected chi connectivity index (χ4v) is 3.39. The van der Waals surface area contributed by atoms with Crippen molar-refractivity contribution in [2.75, 3.05) is 38.5 Å². The summed E-state index contributed by atoms with van der Waals surface area (Å²) < 4.78 is 26.3. The monoisotopic (exact) mass is 263 g/mol. The first-order valence-corrected chi connectivity index (χ1v) is 8.12. The maximum Gasteiger partial charge on any atom is 0.213 e. The molecule has 0 aromatic rings. The third-order valence-electron chi connectivity index (χ3n) is 2.99. The highest BCUT2D eigenvalue weighted by Crippen LogP contribution is 1.99. The van der Waals surface area contributed by atoms with Crippen LogP contribution in [0.2, 0.25) is 0 Å². The number of nitrogens with zero attached hydrogens (tertiary/aromatic N) is 1. The lowest BCUT2D eigenvalue weighted by atomic mass is 10.2. The van der Waals surface area contributed by atoms with Crippen molar-refractivity contribution in [3.05, 3.63) is 0 Å². The predicted molar refractivity (Wildman–Crippen MR) is 70.6 cm³/mol. The van der Waals surface area contributed by atoms with E-state index in [0.29, 0.717) is 6.54 Å². The predicted octanol–water partition coefficient (Wildman–Crippen LogP) is -0.000400. The second-order valence-electron chi connectivity index (χ2n) is 4.72. The normalized spacial score (nSPS) is 20.4. The molecule has 1 fully saturated rings. The highest BCUT2D eigenvalue weighted by atomic mass is 32.2. The van der Waals surface area contributed by atoms with E-state index in [1.807, 2.05) is 6.92 Å². The van der Waals surface area contributed by atoms with Crippen LogP contribution in [-0.2, 0) is 10.0 Å². The molecule has 0 aliphatic carbocycles. The first-order valence-electron chi connectivity index (χ1n) is 6.46. The van der Waals surface area contributed by atoms with E-state index in [4.69, 9.17) is 0 Å². The largest absolute Gasteiger partial charge is 0.314 e. The summed E-state index contributed by atoms with van der Waals surface area (Å²) >= 11 is 0. The smallest absolute Gasteiger partial charge is 0.213 e. The highest BCUT2D eigenvalue weighted by molar-refractivity contribution is 7.89. The summed E-state index contributed by atoms with van der Waals surface area (Å²) in [7, 11) is -3.11. The van der Waals surface area contributed by atoms with E-state index >= 15 is 0 Å². The lowest BCUT2D eigenvalue weighted by Gasteiger charge is -2.27. The van der Waals surface area contributed by atoms with Gasteiger partial charge in [-0.2, -0.15) is 0 Å². The van der Waals surface area contributed by atoms with Gasteiger partial charge in [0.2, 0.25) is 10.0 Å². The van der Waals surface area contributed by atoms with Crippen LogP contribution in [0.4, 0.5) is 0 Å². The van der Waals surface area contributed by atoms with Gasteiger partial charge in [0.1, 0.15) is 0 Å². The zero-order valence-corrected chi connectivity index (χ0v) is 11.7. The Kier molecular flexibility index (Phi) is 6.40. The Balaban J connectivity index is 2.28. The van der Waals surface area contributed by atoms with E-state index in [1.165, 1.54) is 0 Å². The summed E-state index contributed by atoms with van der Waals surface area (Å²) in [5.74, 6) is 0.209. The average Bonchev–Trinajstić information content (AvgIpc) is 2.27. The van der Waals surface area contributed by atoms with Crippen molar-refractivity contribution < 1.29 is 8.42 Å². The number of hydrogen-bond acceptors (Lipinski definition) is 4. The molecule has 1 heterocycles. The topological polar surface area (TPSA) is 61.4 Å². The molecule has 0 radical (unpaired) electrons. The number of nitrogens with one attached hydrogen (secondary N) is 2. The van der Waals surface area contributed by atoms with E-state index < -0.39 is 10.0 Å². The maximum absolute atomic E-state index is 11.8. The summed E-state index contributed by atoms with van der Waals surface area (Å²) in [6.07, 6.45) is 1.90. The number of sulfonamides is 1. The number of rotatable bonds is 7. The van der Waals surface area contributed by atoms with Crippen LogP contribution in [0.15, 0.2) is 0 Å². The summed E-state index contributed by atoms with van der Waals surface area (Å²) in [4.78, 5) is 2.19. The van der Waals surface area contributed by atoms with Crippen LogP contribution in [0, 0.1) is 0 Å². The van der Waals surface area contributed by atoms with Gasteiger partial charge in [0, 0.05) is 38.8 Å². The van der Waals surface area contributed by atoms with E-state index in [9.17, 15) is 8.42 Å². The zero-order valence-electron chi connectivity index (χ0n) is 10.9. The van der Waals surface area contributed by atoms with Crippen molar-refractivity contribution in [2.45, 2.75) is 32.7 Å². The lowest BCUT2D eigenvalue weighted by Crippen LogP contribution is -2.46. The third-order valence-corrected chi connectivity index (χ3v) is 4.47. The Morgan fingerprint density at radius 1 is 1.35 bits per heavy atom. The Bertz CT molecular complexity index is 300. The van der Waals surface area contributed by atoms with Gasteiger partial charge >= 0.3 is 0 Å². The Labute approximate surface area is 105 Å². The number of piperazine rings is 1. The standard InChI is InChI=1S/C11H25N3O2S/c1-3-4-11(2)13-17(15,16)10-9-14-7-5-12-6-8-14/h11-13H,3-10H2,1-2H3. The molecule has 0 aromatic carbocycles. The fraction of sp³-hybridized carbons (Fsp3) is 1.00. The van der Waals surface area contributed by atoms with E-state index in [-0.39, 0.29) is 11.8 Å². The van der Waals surface area contributed by atoms with Crippen LogP contribution in [0.25, 0.3) is 0 Å². The molecule has 0 spiro atoms. The van der Waals surface area contributed by atoms with Gasteiger partial charge in [-0.05, 0) is 13.3 Å². The molecule has 1 aliphatic rings. The first kappa shape index (κ1) is 14.9. The van der Waals surface area contributed by atoms with Crippen molar-refractivity contribution in [1.82, 2.24) is 14.9 Å². The Morgan fingerprint density at radius 2 is 2.00 bits per heavy atom. The summed E-state index contributed by atoms with van der Waals surface area (Å²) in [5.41, 5.74) is 0. The third kappa shape index (κ3) is 6.35. The summed E-state index contributed by atoms with van der Waals surface area (Å²) in [6.45, 7) is 8.42. The molecule has 0 saturated carbocycles. The molecule has 6 heteroatoms. The van der Waals surface area contributed by atoms with Gasteiger partial charge in [-0.25, -0.2) is 13.1 Å². The second-order valence-corrected chi connectivity index (χ2v) is 6.59. The van der Waals surface area contributed by atoms with Crippen LogP contribution in [-0.4, -0.2) is 57.8 Å².